The maximum Gasteiger partial charge on any atom is 0.0309 e. The van der Waals surface area contributed by atoms with Gasteiger partial charge in [-0.15, -0.1) is 5.92 Å². The van der Waals surface area contributed by atoms with Gasteiger partial charge in [-0.3, -0.25) is 0 Å². The molecule has 0 aromatic rings. The Hall–Kier alpha value is -0.440. The molecule has 0 saturated carbocycles. The highest BCUT2D eigenvalue weighted by Gasteiger charge is 1.57. The van der Waals surface area contributed by atoms with E-state index in [-0.39, 0.29) is 0 Å². The van der Waals surface area contributed by atoms with Crippen LogP contribution in [0.2, 0.25) is 0 Å². The molecule has 0 amide bonds. The van der Waals surface area contributed by atoms with E-state index < -0.39 is 0 Å². The molecule has 0 saturated heterocycles. The monoisotopic (exact) mass is 80.1 g/mol. The summed E-state index contributed by atoms with van der Waals surface area (Å²) in [5.74, 6) is 5.54. The van der Waals surface area contributed by atoms with Crippen LogP contribution in [0.3, 0.4) is 0 Å². The summed E-state index contributed by atoms with van der Waals surface area (Å²) in [7, 11) is 0. The lowest BCUT2D eigenvalue weighted by Crippen LogP contribution is -1.54. The van der Waals surface area contributed by atoms with Crippen molar-refractivity contribution in [1.82, 2.24) is 0 Å². The summed E-state index contributed by atoms with van der Waals surface area (Å²) in [6.07, 6.45) is 2.52. The molecule has 0 aromatic heterocycles. The quantitative estimate of drug-likeness (QED) is 0.386. The lowest BCUT2D eigenvalue weighted by molar-refractivity contribution is 1.47. The molecular weight excluding hydrogens is 72.1 g/mol. The summed E-state index contributed by atoms with van der Waals surface area (Å²) in [6, 6.07) is 0. The van der Waals surface area contributed by atoms with E-state index >= 15 is 0 Å². The van der Waals surface area contributed by atoms with Gasteiger partial charge in [0.15, 0.2) is 0 Å². The van der Waals surface area contributed by atoms with Crippen LogP contribution in [0.25, 0.3) is 0 Å². The van der Waals surface area contributed by atoms with E-state index in [2.05, 4.69) is 18.8 Å². The second kappa shape index (κ2) is 4.56. The molecular formula is C6H8. The Morgan fingerprint density at radius 3 is 2.67 bits per heavy atom. The molecule has 0 aliphatic rings. The van der Waals surface area contributed by atoms with E-state index in [9.17, 15) is 0 Å². The standard InChI is InChI=1S/C6H8/c1-3-5-6-4-2/h4H,1,3H2,2H3. The van der Waals surface area contributed by atoms with Crippen LogP contribution < -0.4 is 0 Å². The van der Waals surface area contributed by atoms with Gasteiger partial charge in [-0.2, -0.15) is 0 Å². The van der Waals surface area contributed by atoms with E-state index in [1.807, 2.05) is 13.3 Å². The summed E-state index contributed by atoms with van der Waals surface area (Å²) in [4.78, 5) is 0. The first kappa shape index (κ1) is 5.56. The van der Waals surface area contributed by atoms with Gasteiger partial charge < -0.3 is 0 Å². The first-order valence-electron chi connectivity index (χ1n) is 1.97. The Kier molecular flexibility index (Phi) is 4.23. The second-order valence-corrected chi connectivity index (χ2v) is 0.860. The molecule has 0 rings (SSSR count). The fourth-order valence-electron chi connectivity index (χ4n) is 0.174. The summed E-state index contributed by atoms with van der Waals surface area (Å²) in [5.41, 5.74) is 0. The molecule has 0 nitrogen and oxygen atoms in total. The van der Waals surface area contributed by atoms with Crippen molar-refractivity contribution in [3.63, 3.8) is 0 Å². The predicted octanol–water partition coefficient (Wildman–Crippen LogP) is 1.44. The minimum atomic E-state index is 0.713. The smallest absolute Gasteiger partial charge is 0.0309 e. The second-order valence-electron chi connectivity index (χ2n) is 0.860. The van der Waals surface area contributed by atoms with Gasteiger partial charge in [-0.05, 0) is 6.92 Å². The van der Waals surface area contributed by atoms with Crippen molar-refractivity contribution < 1.29 is 0 Å². The Balaban J connectivity index is 2.90. The van der Waals surface area contributed by atoms with Gasteiger partial charge in [0.05, 0.1) is 0 Å². The van der Waals surface area contributed by atoms with Gasteiger partial charge in [0.2, 0.25) is 0 Å². The topological polar surface area (TPSA) is 0 Å². The van der Waals surface area contributed by atoms with Crippen molar-refractivity contribution in [1.29, 1.82) is 0 Å². The zero-order valence-electron chi connectivity index (χ0n) is 3.99. The highest BCUT2D eigenvalue weighted by Crippen LogP contribution is 1.67. The molecule has 0 aromatic carbocycles. The van der Waals surface area contributed by atoms with Gasteiger partial charge in [-0.1, -0.05) is 12.8 Å². The number of hydrogen-bond acceptors (Lipinski definition) is 0. The average Bonchev–Trinajstić information content (AvgIpc) is 1.61. The van der Waals surface area contributed by atoms with Gasteiger partial charge in [0.25, 0.3) is 0 Å². The average molecular weight is 80.1 g/mol. The van der Waals surface area contributed by atoms with Crippen molar-refractivity contribution >= 4 is 0 Å². The van der Waals surface area contributed by atoms with Crippen LogP contribution in [0, 0.1) is 25.2 Å². The molecule has 0 spiro atoms. The molecule has 6 heavy (non-hydrogen) atoms. The minimum Gasteiger partial charge on any atom is -0.103 e. The van der Waals surface area contributed by atoms with Crippen LogP contribution in [0.15, 0.2) is 0 Å². The molecule has 0 N–H and O–H groups in total. The van der Waals surface area contributed by atoms with E-state index in [0.29, 0.717) is 6.42 Å². The van der Waals surface area contributed by atoms with Crippen LogP contribution in [0.5, 0.6) is 0 Å². The fourth-order valence-corrected chi connectivity index (χ4v) is 0.174. The van der Waals surface area contributed by atoms with Gasteiger partial charge >= 0.3 is 0 Å². The molecule has 0 aliphatic heterocycles. The Morgan fingerprint density at radius 1 is 1.83 bits per heavy atom. The van der Waals surface area contributed by atoms with Crippen molar-refractivity contribution in [2.75, 3.05) is 0 Å². The first-order chi connectivity index (χ1) is 2.91. The van der Waals surface area contributed by atoms with Gasteiger partial charge in [-0.25, -0.2) is 0 Å². The van der Waals surface area contributed by atoms with Crippen molar-refractivity contribution in [2.24, 2.45) is 0 Å². The van der Waals surface area contributed by atoms with Crippen molar-refractivity contribution in [2.45, 2.75) is 13.3 Å². The maximum atomic E-state index is 3.53. The highest BCUT2D eigenvalue weighted by atomic mass is 13.6. The number of rotatable bonds is 0. The van der Waals surface area contributed by atoms with E-state index in [1.165, 1.54) is 0 Å². The van der Waals surface area contributed by atoms with Crippen LogP contribution >= 0.6 is 0 Å². The third-order valence-electron chi connectivity index (χ3n) is 0.371. The summed E-state index contributed by atoms with van der Waals surface area (Å²) in [5, 5.41) is 0. The van der Waals surface area contributed by atoms with Crippen molar-refractivity contribution in [3.8, 4) is 11.8 Å². The van der Waals surface area contributed by atoms with Crippen LogP contribution in [-0.4, -0.2) is 0 Å². The molecule has 0 atom stereocenters. The predicted molar refractivity (Wildman–Crippen MR) is 27.7 cm³/mol. The van der Waals surface area contributed by atoms with Crippen LogP contribution in [0.1, 0.15) is 13.3 Å². The third-order valence-corrected chi connectivity index (χ3v) is 0.371. The molecule has 0 heteroatoms. The zero-order valence-corrected chi connectivity index (χ0v) is 3.99. The Bertz CT molecular complexity index is 53.8. The summed E-state index contributed by atoms with van der Waals surface area (Å²) >= 11 is 0. The summed E-state index contributed by atoms with van der Waals surface area (Å²) < 4.78 is 0. The fraction of sp³-hybridized carbons (Fsp3) is 0.333. The molecule has 32 valence electrons. The zero-order chi connectivity index (χ0) is 4.83. The first-order valence-corrected chi connectivity index (χ1v) is 1.97. The number of hydrogen-bond donors (Lipinski definition) is 0. The highest BCUT2D eigenvalue weighted by molar-refractivity contribution is 5.07. The lowest BCUT2D eigenvalue weighted by atomic mass is 10.4. The van der Waals surface area contributed by atoms with Crippen LogP contribution in [-0.2, 0) is 0 Å². The SMILES string of the molecule is [CH2]CC#C[CH]C. The third kappa shape index (κ3) is 3.56. The largest absolute Gasteiger partial charge is 0.103 e. The van der Waals surface area contributed by atoms with Crippen molar-refractivity contribution in [3.05, 3.63) is 13.3 Å². The minimum absolute atomic E-state index is 0.713. The molecule has 0 fully saturated rings. The Labute approximate surface area is 39.6 Å². The van der Waals surface area contributed by atoms with Gasteiger partial charge in [0, 0.05) is 12.8 Å². The van der Waals surface area contributed by atoms with E-state index in [4.69, 9.17) is 0 Å². The molecule has 0 heterocycles. The van der Waals surface area contributed by atoms with E-state index in [1.54, 1.807) is 0 Å². The molecule has 0 unspecified atom stereocenters. The van der Waals surface area contributed by atoms with Gasteiger partial charge in [0.1, 0.15) is 0 Å². The van der Waals surface area contributed by atoms with E-state index in [0.717, 1.165) is 0 Å². The lowest BCUT2D eigenvalue weighted by Gasteiger charge is -1.64. The normalized spacial score (nSPS) is 6.33. The molecule has 0 bridgehead atoms. The van der Waals surface area contributed by atoms with Crippen LogP contribution in [0.4, 0.5) is 0 Å². The summed E-state index contributed by atoms with van der Waals surface area (Å²) in [6.45, 7) is 5.44. The maximum absolute atomic E-state index is 3.53. The Morgan fingerprint density at radius 2 is 2.50 bits per heavy atom. The molecule has 0 aliphatic carbocycles. The molecule has 2 radical (unpaired) electrons.